The van der Waals surface area contributed by atoms with Gasteiger partial charge in [0.05, 0.1) is 7.11 Å². The van der Waals surface area contributed by atoms with Crippen LogP contribution in [0.1, 0.15) is 5.56 Å². The first kappa shape index (κ1) is 15.1. The molecule has 0 bridgehead atoms. The second-order valence-electron chi connectivity index (χ2n) is 5.33. The van der Waals surface area contributed by atoms with Crippen LogP contribution in [0.15, 0.2) is 72.8 Å². The van der Waals surface area contributed by atoms with Gasteiger partial charge in [-0.1, -0.05) is 60.7 Å². The van der Waals surface area contributed by atoms with E-state index in [0.29, 0.717) is 12.2 Å². The monoisotopic (exact) mass is 306 g/mol. The van der Waals surface area contributed by atoms with Crippen molar-refractivity contribution in [2.45, 2.75) is 12.5 Å². The smallest absolute Gasteiger partial charge is 0.347 e. The second-order valence-corrected chi connectivity index (χ2v) is 5.33. The molecular formula is C20H18O3. The van der Waals surface area contributed by atoms with Crippen molar-refractivity contribution in [2.75, 3.05) is 7.11 Å². The quantitative estimate of drug-likeness (QED) is 0.668. The van der Waals surface area contributed by atoms with Crippen LogP contribution in [0.5, 0.6) is 5.75 Å². The van der Waals surface area contributed by atoms with Crippen molar-refractivity contribution >= 4 is 16.7 Å². The van der Waals surface area contributed by atoms with Gasteiger partial charge in [0, 0.05) is 6.42 Å². The number of rotatable bonds is 5. The summed E-state index contributed by atoms with van der Waals surface area (Å²) in [5, 5.41) is 2.21. The Morgan fingerprint density at radius 2 is 1.61 bits per heavy atom. The van der Waals surface area contributed by atoms with Crippen molar-refractivity contribution in [1.82, 2.24) is 0 Å². The van der Waals surface area contributed by atoms with Crippen molar-refractivity contribution in [3.8, 4) is 5.75 Å². The van der Waals surface area contributed by atoms with Crippen molar-refractivity contribution < 1.29 is 14.3 Å². The van der Waals surface area contributed by atoms with Crippen LogP contribution in [0.3, 0.4) is 0 Å². The maximum Gasteiger partial charge on any atom is 0.347 e. The Bertz CT molecular complexity index is 796. The summed E-state index contributed by atoms with van der Waals surface area (Å²) in [6, 6.07) is 23.6. The van der Waals surface area contributed by atoms with Crippen LogP contribution in [-0.2, 0) is 16.0 Å². The molecule has 3 nitrogen and oxygen atoms in total. The van der Waals surface area contributed by atoms with Gasteiger partial charge in [-0.3, -0.25) is 0 Å². The number of methoxy groups -OCH3 is 1. The molecule has 0 amide bonds. The number of carbonyl (C=O) groups excluding carboxylic acids is 1. The highest BCUT2D eigenvalue weighted by atomic mass is 16.6. The van der Waals surface area contributed by atoms with Crippen LogP contribution in [0.25, 0.3) is 10.8 Å². The van der Waals surface area contributed by atoms with E-state index >= 15 is 0 Å². The zero-order chi connectivity index (χ0) is 16.1. The van der Waals surface area contributed by atoms with Crippen LogP contribution in [-0.4, -0.2) is 19.2 Å². The Kier molecular flexibility index (Phi) is 4.57. The summed E-state index contributed by atoms with van der Waals surface area (Å²) < 4.78 is 10.8. The van der Waals surface area contributed by atoms with Crippen LogP contribution in [0.4, 0.5) is 0 Å². The molecule has 0 N–H and O–H groups in total. The minimum Gasteiger partial charge on any atom is -0.478 e. The molecule has 0 aliphatic rings. The van der Waals surface area contributed by atoms with Crippen LogP contribution in [0.2, 0.25) is 0 Å². The van der Waals surface area contributed by atoms with E-state index in [1.54, 1.807) is 0 Å². The first-order chi connectivity index (χ1) is 11.3. The van der Waals surface area contributed by atoms with E-state index in [0.717, 1.165) is 16.3 Å². The van der Waals surface area contributed by atoms with E-state index in [1.165, 1.54) is 7.11 Å². The van der Waals surface area contributed by atoms with Crippen molar-refractivity contribution in [2.24, 2.45) is 0 Å². The summed E-state index contributed by atoms with van der Waals surface area (Å²) in [4.78, 5) is 12.0. The van der Waals surface area contributed by atoms with Crippen molar-refractivity contribution in [3.05, 3.63) is 78.4 Å². The summed E-state index contributed by atoms with van der Waals surface area (Å²) in [6.45, 7) is 0. The minimum atomic E-state index is -0.663. The second kappa shape index (κ2) is 6.97. The molecule has 3 rings (SSSR count). The third-order valence-corrected chi connectivity index (χ3v) is 3.73. The minimum absolute atomic E-state index is 0.373. The van der Waals surface area contributed by atoms with Crippen LogP contribution >= 0.6 is 0 Å². The summed E-state index contributed by atoms with van der Waals surface area (Å²) in [6.07, 6.45) is -0.191. The molecule has 0 saturated heterocycles. The first-order valence-electron chi connectivity index (χ1n) is 7.53. The number of esters is 1. The Balaban J connectivity index is 1.83. The summed E-state index contributed by atoms with van der Waals surface area (Å²) in [5.74, 6) is 0.289. The van der Waals surface area contributed by atoms with Gasteiger partial charge < -0.3 is 9.47 Å². The molecule has 3 aromatic rings. The molecule has 0 aliphatic carbocycles. The van der Waals surface area contributed by atoms with E-state index in [4.69, 9.17) is 9.47 Å². The van der Waals surface area contributed by atoms with Crippen LogP contribution in [0, 0.1) is 0 Å². The highest BCUT2D eigenvalue weighted by molar-refractivity contribution is 5.84. The molecule has 116 valence electrons. The van der Waals surface area contributed by atoms with Gasteiger partial charge in [0.15, 0.2) is 6.10 Å². The number of benzene rings is 3. The molecule has 0 saturated carbocycles. The van der Waals surface area contributed by atoms with Crippen LogP contribution < -0.4 is 4.74 Å². The molecule has 0 spiro atoms. The van der Waals surface area contributed by atoms with Crippen molar-refractivity contribution in [3.63, 3.8) is 0 Å². The average molecular weight is 306 g/mol. The summed E-state index contributed by atoms with van der Waals surface area (Å²) in [7, 11) is 1.38. The first-order valence-corrected chi connectivity index (χ1v) is 7.53. The summed E-state index contributed by atoms with van der Waals surface area (Å²) in [5.41, 5.74) is 1.03. The fraction of sp³-hybridized carbons (Fsp3) is 0.150. The number of fused-ring (bicyclic) bond motifs is 1. The maximum absolute atomic E-state index is 12.0. The third kappa shape index (κ3) is 3.69. The molecule has 0 aromatic heterocycles. The zero-order valence-corrected chi connectivity index (χ0v) is 12.9. The zero-order valence-electron chi connectivity index (χ0n) is 12.9. The predicted octanol–water partition coefficient (Wildman–Crippen LogP) is 4.00. The lowest BCUT2D eigenvalue weighted by molar-refractivity contribution is -0.148. The van der Waals surface area contributed by atoms with Gasteiger partial charge in [-0.05, 0) is 28.5 Å². The van der Waals surface area contributed by atoms with Gasteiger partial charge >= 0.3 is 5.97 Å². The predicted molar refractivity (Wildman–Crippen MR) is 90.5 cm³/mol. The third-order valence-electron chi connectivity index (χ3n) is 3.73. The lowest BCUT2D eigenvalue weighted by Crippen LogP contribution is -2.30. The van der Waals surface area contributed by atoms with Gasteiger partial charge in [0.1, 0.15) is 5.75 Å². The van der Waals surface area contributed by atoms with Gasteiger partial charge in [-0.25, -0.2) is 4.79 Å². The Morgan fingerprint density at radius 3 is 2.35 bits per heavy atom. The highest BCUT2D eigenvalue weighted by Gasteiger charge is 2.21. The fourth-order valence-corrected chi connectivity index (χ4v) is 2.54. The molecule has 0 unspecified atom stereocenters. The maximum atomic E-state index is 12.0. The Labute approximate surface area is 135 Å². The fourth-order valence-electron chi connectivity index (χ4n) is 2.54. The molecular weight excluding hydrogens is 288 g/mol. The Hall–Kier alpha value is -2.81. The molecule has 0 fully saturated rings. The van der Waals surface area contributed by atoms with Crippen molar-refractivity contribution in [1.29, 1.82) is 0 Å². The van der Waals surface area contributed by atoms with E-state index in [2.05, 4.69) is 0 Å². The Morgan fingerprint density at radius 1 is 0.913 bits per heavy atom. The number of hydrogen-bond donors (Lipinski definition) is 0. The number of ether oxygens (including phenoxy) is 2. The molecule has 0 heterocycles. The normalized spacial score (nSPS) is 11.9. The SMILES string of the molecule is COC(=O)[C@H](Cc1ccccc1)Oc1ccc2ccccc2c1. The molecule has 1 atom stereocenters. The largest absolute Gasteiger partial charge is 0.478 e. The lowest BCUT2D eigenvalue weighted by Gasteiger charge is -2.17. The van der Waals surface area contributed by atoms with E-state index in [-0.39, 0.29) is 5.97 Å². The molecule has 3 heteroatoms. The lowest BCUT2D eigenvalue weighted by atomic mass is 10.1. The van der Waals surface area contributed by atoms with Gasteiger partial charge in [-0.15, -0.1) is 0 Å². The number of hydrogen-bond acceptors (Lipinski definition) is 3. The average Bonchev–Trinajstić information content (AvgIpc) is 2.61. The van der Waals surface area contributed by atoms with E-state index < -0.39 is 6.10 Å². The van der Waals surface area contributed by atoms with Gasteiger partial charge in [0.2, 0.25) is 0 Å². The van der Waals surface area contributed by atoms with Gasteiger partial charge in [0.25, 0.3) is 0 Å². The van der Waals surface area contributed by atoms with E-state index in [9.17, 15) is 4.79 Å². The molecule has 3 aromatic carbocycles. The molecule has 0 aliphatic heterocycles. The summed E-state index contributed by atoms with van der Waals surface area (Å²) >= 11 is 0. The number of carbonyl (C=O) groups is 1. The van der Waals surface area contributed by atoms with Gasteiger partial charge in [-0.2, -0.15) is 0 Å². The highest BCUT2D eigenvalue weighted by Crippen LogP contribution is 2.22. The van der Waals surface area contributed by atoms with E-state index in [1.807, 2.05) is 72.8 Å². The standard InChI is InChI=1S/C20H18O3/c1-22-20(21)19(13-15-7-3-2-4-8-15)23-18-12-11-16-9-5-6-10-17(16)14-18/h2-12,14,19H,13H2,1H3/t19-/m0/s1. The molecule has 23 heavy (non-hydrogen) atoms. The topological polar surface area (TPSA) is 35.5 Å². The molecule has 0 radical (unpaired) electrons.